The fourth-order valence-corrected chi connectivity index (χ4v) is 1.58. The largest absolute Gasteiger partial charge is 0.507 e. The highest BCUT2D eigenvalue weighted by Crippen LogP contribution is 2.22. The molecule has 0 heterocycles. The van der Waals surface area contributed by atoms with Gasteiger partial charge in [0, 0.05) is 18.6 Å². The molecule has 0 aliphatic heterocycles. The molecule has 0 aliphatic carbocycles. The number of benzene rings is 1. The van der Waals surface area contributed by atoms with Crippen molar-refractivity contribution >= 4 is 17.5 Å². The lowest BCUT2D eigenvalue weighted by molar-refractivity contribution is 0.0530. The number of aromatic hydroxyl groups is 1. The second-order valence-corrected chi connectivity index (χ2v) is 4.74. The van der Waals surface area contributed by atoms with Gasteiger partial charge in [0.15, 0.2) is 0 Å². The van der Waals surface area contributed by atoms with Crippen LogP contribution in [0.5, 0.6) is 5.75 Å². The van der Waals surface area contributed by atoms with Crippen LogP contribution >= 0.6 is 11.6 Å². The molecular weight excluding hydrogens is 254 g/mol. The minimum atomic E-state index is -0.253. The topological polar surface area (TPSA) is 49.8 Å². The van der Waals surface area contributed by atoms with E-state index in [1.807, 2.05) is 13.8 Å². The SMILES string of the molecule is CC(C)OCCN(C)C(=O)c1ccc(Cl)cc1O. The average molecular weight is 272 g/mol. The van der Waals surface area contributed by atoms with Gasteiger partial charge in [-0.25, -0.2) is 0 Å². The first-order chi connectivity index (χ1) is 8.41. The van der Waals surface area contributed by atoms with Crippen molar-refractivity contribution in [1.29, 1.82) is 0 Å². The molecule has 0 fully saturated rings. The number of phenols is 1. The number of halogens is 1. The summed E-state index contributed by atoms with van der Waals surface area (Å²) in [5, 5.41) is 10.1. The molecule has 0 saturated heterocycles. The summed E-state index contributed by atoms with van der Waals surface area (Å²) in [6, 6.07) is 4.44. The number of rotatable bonds is 5. The number of amides is 1. The van der Waals surface area contributed by atoms with Gasteiger partial charge in [-0.15, -0.1) is 0 Å². The van der Waals surface area contributed by atoms with Crippen molar-refractivity contribution in [3.8, 4) is 5.75 Å². The van der Waals surface area contributed by atoms with Gasteiger partial charge in [-0.1, -0.05) is 11.6 Å². The number of carbonyl (C=O) groups is 1. The summed E-state index contributed by atoms with van der Waals surface area (Å²) in [6.07, 6.45) is 0.137. The van der Waals surface area contributed by atoms with Crippen molar-refractivity contribution in [2.24, 2.45) is 0 Å². The van der Waals surface area contributed by atoms with E-state index in [2.05, 4.69) is 0 Å². The Labute approximate surface area is 112 Å². The van der Waals surface area contributed by atoms with Crippen LogP contribution in [0.25, 0.3) is 0 Å². The van der Waals surface area contributed by atoms with Crippen LogP contribution in [0.2, 0.25) is 5.02 Å². The number of ether oxygens (including phenoxy) is 1. The number of nitrogens with zero attached hydrogens (tertiary/aromatic N) is 1. The van der Waals surface area contributed by atoms with Crippen molar-refractivity contribution in [3.05, 3.63) is 28.8 Å². The Morgan fingerprint density at radius 2 is 2.17 bits per heavy atom. The molecule has 0 aliphatic rings. The van der Waals surface area contributed by atoms with Crippen molar-refractivity contribution in [3.63, 3.8) is 0 Å². The maximum absolute atomic E-state index is 12.0. The third-order valence-corrected chi connectivity index (χ3v) is 2.65. The fraction of sp³-hybridized carbons (Fsp3) is 0.462. The van der Waals surface area contributed by atoms with Gasteiger partial charge in [-0.2, -0.15) is 0 Å². The smallest absolute Gasteiger partial charge is 0.257 e. The van der Waals surface area contributed by atoms with Crippen LogP contribution in [0, 0.1) is 0 Å². The van der Waals surface area contributed by atoms with E-state index < -0.39 is 0 Å². The molecule has 18 heavy (non-hydrogen) atoms. The molecule has 0 aromatic heterocycles. The molecule has 1 rings (SSSR count). The van der Waals surface area contributed by atoms with Crippen molar-refractivity contribution < 1.29 is 14.6 Å². The normalized spacial score (nSPS) is 10.7. The maximum atomic E-state index is 12.0. The molecule has 1 aromatic carbocycles. The standard InChI is InChI=1S/C13H18ClNO3/c1-9(2)18-7-6-15(3)13(17)11-5-4-10(14)8-12(11)16/h4-5,8-9,16H,6-7H2,1-3H3. The zero-order chi connectivity index (χ0) is 13.7. The van der Waals surface area contributed by atoms with E-state index in [1.165, 1.54) is 17.0 Å². The summed E-state index contributed by atoms with van der Waals surface area (Å²) in [5.41, 5.74) is 0.242. The number of phenolic OH excluding ortho intramolecular Hbond substituents is 1. The average Bonchev–Trinajstić information content (AvgIpc) is 2.27. The summed E-state index contributed by atoms with van der Waals surface area (Å²) in [6.45, 7) is 4.81. The zero-order valence-electron chi connectivity index (χ0n) is 10.8. The van der Waals surface area contributed by atoms with Crippen LogP contribution in [0.3, 0.4) is 0 Å². The Morgan fingerprint density at radius 1 is 1.50 bits per heavy atom. The van der Waals surface area contributed by atoms with Gasteiger partial charge in [0.1, 0.15) is 5.75 Å². The quantitative estimate of drug-likeness (QED) is 0.895. The number of hydrogen-bond donors (Lipinski definition) is 1. The first kappa shape index (κ1) is 14.8. The molecule has 0 unspecified atom stereocenters. The lowest BCUT2D eigenvalue weighted by Crippen LogP contribution is -2.30. The second-order valence-electron chi connectivity index (χ2n) is 4.31. The lowest BCUT2D eigenvalue weighted by atomic mass is 10.2. The van der Waals surface area contributed by atoms with E-state index in [4.69, 9.17) is 16.3 Å². The molecule has 0 saturated carbocycles. The first-order valence-corrected chi connectivity index (χ1v) is 6.15. The van der Waals surface area contributed by atoms with Crippen LogP contribution in [0.15, 0.2) is 18.2 Å². The zero-order valence-corrected chi connectivity index (χ0v) is 11.6. The van der Waals surface area contributed by atoms with Gasteiger partial charge >= 0.3 is 0 Å². The Kier molecular flexibility index (Phi) is 5.44. The van der Waals surface area contributed by atoms with Crippen LogP contribution in [-0.2, 0) is 4.74 Å². The minimum Gasteiger partial charge on any atom is -0.507 e. The highest BCUT2D eigenvalue weighted by Gasteiger charge is 2.15. The van der Waals surface area contributed by atoms with Crippen molar-refractivity contribution in [2.75, 3.05) is 20.2 Å². The van der Waals surface area contributed by atoms with Gasteiger partial charge in [0.05, 0.1) is 18.3 Å². The second kappa shape index (κ2) is 6.61. The summed E-state index contributed by atoms with van der Waals surface area (Å²) < 4.78 is 5.37. The molecular formula is C13H18ClNO3. The maximum Gasteiger partial charge on any atom is 0.257 e. The number of hydrogen-bond acceptors (Lipinski definition) is 3. The van der Waals surface area contributed by atoms with E-state index in [1.54, 1.807) is 13.1 Å². The van der Waals surface area contributed by atoms with Crippen LogP contribution in [-0.4, -0.2) is 42.2 Å². The van der Waals surface area contributed by atoms with Gasteiger partial charge < -0.3 is 14.7 Å². The number of likely N-dealkylation sites (N-methyl/N-ethyl adjacent to an activating group) is 1. The summed E-state index contributed by atoms with van der Waals surface area (Å²) in [4.78, 5) is 13.5. The molecule has 0 bridgehead atoms. The predicted octanol–water partition coefficient (Wildman–Crippen LogP) is 2.54. The van der Waals surface area contributed by atoms with E-state index in [0.717, 1.165) is 0 Å². The molecule has 1 aromatic rings. The Morgan fingerprint density at radius 3 is 2.72 bits per heavy atom. The van der Waals surface area contributed by atoms with Crippen LogP contribution < -0.4 is 0 Å². The monoisotopic (exact) mass is 271 g/mol. The fourth-order valence-electron chi connectivity index (χ4n) is 1.42. The molecule has 0 radical (unpaired) electrons. The van der Waals surface area contributed by atoms with Crippen LogP contribution in [0.1, 0.15) is 24.2 Å². The minimum absolute atomic E-state index is 0.107. The van der Waals surface area contributed by atoms with E-state index in [0.29, 0.717) is 18.2 Å². The third-order valence-electron chi connectivity index (χ3n) is 2.41. The molecule has 1 N–H and O–H groups in total. The van der Waals surface area contributed by atoms with Crippen molar-refractivity contribution in [2.45, 2.75) is 20.0 Å². The van der Waals surface area contributed by atoms with Gasteiger partial charge in [0.25, 0.3) is 5.91 Å². The molecule has 100 valence electrons. The summed E-state index contributed by atoms with van der Waals surface area (Å²) in [7, 11) is 1.67. The third kappa shape index (κ3) is 4.20. The predicted molar refractivity (Wildman–Crippen MR) is 71.2 cm³/mol. The molecule has 0 spiro atoms. The first-order valence-electron chi connectivity index (χ1n) is 5.77. The molecule has 0 atom stereocenters. The van der Waals surface area contributed by atoms with E-state index >= 15 is 0 Å². The lowest BCUT2D eigenvalue weighted by Gasteiger charge is -2.18. The molecule has 1 amide bonds. The number of carbonyl (C=O) groups excluding carboxylic acids is 1. The summed E-state index contributed by atoms with van der Waals surface area (Å²) >= 11 is 5.71. The highest BCUT2D eigenvalue weighted by atomic mass is 35.5. The molecule has 5 heteroatoms. The Balaban J connectivity index is 2.63. The highest BCUT2D eigenvalue weighted by molar-refractivity contribution is 6.30. The Hall–Kier alpha value is -1.26. The molecule has 4 nitrogen and oxygen atoms in total. The van der Waals surface area contributed by atoms with Gasteiger partial charge in [-0.3, -0.25) is 4.79 Å². The van der Waals surface area contributed by atoms with Crippen LogP contribution in [0.4, 0.5) is 0 Å². The summed E-state index contributed by atoms with van der Waals surface area (Å²) in [5.74, 6) is -0.361. The Bertz CT molecular complexity index is 421. The van der Waals surface area contributed by atoms with E-state index in [9.17, 15) is 9.90 Å². The van der Waals surface area contributed by atoms with Gasteiger partial charge in [-0.05, 0) is 32.0 Å². The van der Waals surface area contributed by atoms with E-state index in [-0.39, 0.29) is 23.3 Å². The van der Waals surface area contributed by atoms with Crippen molar-refractivity contribution in [1.82, 2.24) is 4.90 Å². The van der Waals surface area contributed by atoms with Gasteiger partial charge in [0.2, 0.25) is 0 Å².